The zero-order valence-corrected chi connectivity index (χ0v) is 13.4. The standard InChI is InChI=1S/C15H26N4S/c1-12-11-13(2)19(18-12)10-6-9-16-15(20)17-14-7-4-3-5-8-14/h11,14H,3-10H2,1-2H3,(H2,16,17,20). The molecule has 0 spiro atoms. The lowest BCUT2D eigenvalue weighted by Gasteiger charge is -2.24. The Morgan fingerprint density at radius 1 is 1.35 bits per heavy atom. The normalized spacial score (nSPS) is 16.1. The molecule has 112 valence electrons. The van der Waals surface area contributed by atoms with E-state index in [0.717, 1.165) is 30.3 Å². The minimum absolute atomic E-state index is 0.583. The Hall–Kier alpha value is -1.10. The van der Waals surface area contributed by atoms with Crippen molar-refractivity contribution in [1.82, 2.24) is 20.4 Å². The van der Waals surface area contributed by atoms with E-state index in [-0.39, 0.29) is 0 Å². The van der Waals surface area contributed by atoms with E-state index in [0.29, 0.717) is 6.04 Å². The van der Waals surface area contributed by atoms with Gasteiger partial charge >= 0.3 is 0 Å². The molecule has 1 aromatic heterocycles. The molecule has 1 saturated carbocycles. The molecule has 1 aromatic rings. The van der Waals surface area contributed by atoms with E-state index in [1.54, 1.807) is 0 Å². The molecule has 20 heavy (non-hydrogen) atoms. The van der Waals surface area contributed by atoms with Gasteiger partial charge in [-0.2, -0.15) is 5.10 Å². The number of rotatable bonds is 5. The Morgan fingerprint density at radius 2 is 2.10 bits per heavy atom. The second kappa shape index (κ2) is 7.62. The Kier molecular flexibility index (Phi) is 5.83. The van der Waals surface area contributed by atoms with Crippen LogP contribution in [0.1, 0.15) is 49.9 Å². The van der Waals surface area contributed by atoms with Crippen molar-refractivity contribution in [2.75, 3.05) is 6.54 Å². The van der Waals surface area contributed by atoms with E-state index in [2.05, 4.69) is 33.4 Å². The van der Waals surface area contributed by atoms with Crippen LogP contribution in [0.15, 0.2) is 6.07 Å². The Labute approximate surface area is 127 Å². The van der Waals surface area contributed by atoms with Crippen LogP contribution in [0.25, 0.3) is 0 Å². The molecule has 2 rings (SSSR count). The van der Waals surface area contributed by atoms with Crippen molar-refractivity contribution in [3.05, 3.63) is 17.5 Å². The highest BCUT2D eigenvalue weighted by molar-refractivity contribution is 7.80. The van der Waals surface area contributed by atoms with Gasteiger partial charge in [0.1, 0.15) is 0 Å². The van der Waals surface area contributed by atoms with E-state index in [9.17, 15) is 0 Å². The Morgan fingerprint density at radius 3 is 2.75 bits per heavy atom. The van der Waals surface area contributed by atoms with Crippen LogP contribution in [0.5, 0.6) is 0 Å². The van der Waals surface area contributed by atoms with Crippen LogP contribution < -0.4 is 10.6 Å². The van der Waals surface area contributed by atoms with Crippen molar-refractivity contribution in [2.24, 2.45) is 0 Å². The molecule has 0 saturated heterocycles. The SMILES string of the molecule is Cc1cc(C)n(CCCNC(=S)NC2CCCCC2)n1. The summed E-state index contributed by atoms with van der Waals surface area (Å²) in [7, 11) is 0. The lowest BCUT2D eigenvalue weighted by Crippen LogP contribution is -2.43. The predicted octanol–water partition coefficient (Wildman–Crippen LogP) is 2.69. The van der Waals surface area contributed by atoms with E-state index in [1.807, 2.05) is 6.92 Å². The van der Waals surface area contributed by atoms with Gasteiger partial charge in [-0.1, -0.05) is 19.3 Å². The van der Waals surface area contributed by atoms with E-state index in [1.165, 1.54) is 37.8 Å². The maximum atomic E-state index is 5.35. The highest BCUT2D eigenvalue weighted by Gasteiger charge is 2.13. The summed E-state index contributed by atoms with van der Waals surface area (Å²) in [5.74, 6) is 0. The van der Waals surface area contributed by atoms with Gasteiger partial charge in [-0.25, -0.2) is 0 Å². The van der Waals surface area contributed by atoms with Gasteiger partial charge in [0.15, 0.2) is 5.11 Å². The fourth-order valence-electron chi connectivity index (χ4n) is 2.82. The third-order valence-corrected chi connectivity index (χ3v) is 4.14. The molecule has 0 bridgehead atoms. The first-order valence-corrected chi connectivity index (χ1v) is 8.11. The monoisotopic (exact) mass is 294 g/mol. The van der Waals surface area contributed by atoms with Crippen LogP contribution in [-0.4, -0.2) is 27.5 Å². The summed E-state index contributed by atoms with van der Waals surface area (Å²) >= 11 is 5.35. The van der Waals surface area contributed by atoms with Crippen molar-refractivity contribution in [1.29, 1.82) is 0 Å². The van der Waals surface area contributed by atoms with E-state index >= 15 is 0 Å². The molecule has 1 fully saturated rings. The number of nitrogens with zero attached hydrogens (tertiary/aromatic N) is 2. The first kappa shape index (κ1) is 15.3. The van der Waals surface area contributed by atoms with Crippen molar-refractivity contribution >= 4 is 17.3 Å². The largest absolute Gasteiger partial charge is 0.363 e. The summed E-state index contributed by atoms with van der Waals surface area (Å²) in [6.07, 6.45) is 7.59. The molecule has 5 heteroatoms. The first-order chi connectivity index (χ1) is 9.65. The van der Waals surface area contributed by atoms with Gasteiger partial charge < -0.3 is 10.6 Å². The first-order valence-electron chi connectivity index (χ1n) is 7.70. The van der Waals surface area contributed by atoms with Crippen LogP contribution in [0, 0.1) is 13.8 Å². The van der Waals surface area contributed by atoms with Crippen molar-refractivity contribution in [3.8, 4) is 0 Å². The maximum absolute atomic E-state index is 5.35. The number of aryl methyl sites for hydroxylation is 3. The molecule has 1 aliphatic carbocycles. The Balaban J connectivity index is 1.60. The van der Waals surface area contributed by atoms with Gasteiger partial charge in [0.05, 0.1) is 5.69 Å². The molecular weight excluding hydrogens is 268 g/mol. The molecular formula is C15H26N4S. The minimum Gasteiger partial charge on any atom is -0.363 e. The molecule has 0 aliphatic heterocycles. The number of hydrogen-bond acceptors (Lipinski definition) is 2. The van der Waals surface area contributed by atoms with E-state index in [4.69, 9.17) is 12.2 Å². The highest BCUT2D eigenvalue weighted by Crippen LogP contribution is 2.17. The summed E-state index contributed by atoms with van der Waals surface area (Å²) in [6, 6.07) is 2.70. The third-order valence-electron chi connectivity index (χ3n) is 3.88. The summed E-state index contributed by atoms with van der Waals surface area (Å²) in [5.41, 5.74) is 2.32. The summed E-state index contributed by atoms with van der Waals surface area (Å²) in [4.78, 5) is 0. The number of thiocarbonyl (C=S) groups is 1. The second-order valence-electron chi connectivity index (χ2n) is 5.74. The van der Waals surface area contributed by atoms with Crippen molar-refractivity contribution in [2.45, 2.75) is 65.0 Å². The van der Waals surface area contributed by atoms with E-state index < -0.39 is 0 Å². The molecule has 0 radical (unpaired) electrons. The molecule has 0 unspecified atom stereocenters. The Bertz CT molecular complexity index is 435. The van der Waals surface area contributed by atoms with Gasteiger partial charge in [-0.05, 0) is 51.4 Å². The highest BCUT2D eigenvalue weighted by atomic mass is 32.1. The smallest absolute Gasteiger partial charge is 0.166 e. The third kappa shape index (κ3) is 4.78. The molecule has 0 atom stereocenters. The zero-order chi connectivity index (χ0) is 14.4. The number of nitrogens with one attached hydrogen (secondary N) is 2. The molecule has 0 amide bonds. The van der Waals surface area contributed by atoms with Crippen molar-refractivity contribution < 1.29 is 0 Å². The van der Waals surface area contributed by atoms with Crippen LogP contribution in [0.4, 0.5) is 0 Å². The van der Waals surface area contributed by atoms with Gasteiger partial charge in [0.25, 0.3) is 0 Å². The molecule has 0 aromatic carbocycles. The fraction of sp³-hybridized carbons (Fsp3) is 0.733. The number of aromatic nitrogens is 2. The maximum Gasteiger partial charge on any atom is 0.166 e. The zero-order valence-electron chi connectivity index (χ0n) is 12.6. The van der Waals surface area contributed by atoms with Gasteiger partial charge in [0, 0.05) is 24.8 Å². The topological polar surface area (TPSA) is 41.9 Å². The summed E-state index contributed by atoms with van der Waals surface area (Å²) in [5, 5.41) is 12.0. The van der Waals surface area contributed by atoms with Gasteiger partial charge in [-0.15, -0.1) is 0 Å². The van der Waals surface area contributed by atoms with Crippen LogP contribution in [0.2, 0.25) is 0 Å². The number of hydrogen-bond donors (Lipinski definition) is 2. The lowest BCUT2D eigenvalue weighted by atomic mass is 9.96. The van der Waals surface area contributed by atoms with Gasteiger partial charge in [0.2, 0.25) is 0 Å². The average Bonchev–Trinajstić information content (AvgIpc) is 2.74. The molecule has 4 nitrogen and oxygen atoms in total. The fourth-order valence-corrected chi connectivity index (χ4v) is 3.08. The lowest BCUT2D eigenvalue weighted by molar-refractivity contribution is 0.411. The minimum atomic E-state index is 0.583. The molecule has 2 N–H and O–H groups in total. The molecule has 1 aliphatic rings. The summed E-state index contributed by atoms with van der Waals surface area (Å²) in [6.45, 7) is 5.98. The van der Waals surface area contributed by atoms with Crippen LogP contribution in [-0.2, 0) is 6.54 Å². The van der Waals surface area contributed by atoms with Crippen LogP contribution in [0.3, 0.4) is 0 Å². The second-order valence-corrected chi connectivity index (χ2v) is 6.15. The quantitative estimate of drug-likeness (QED) is 0.647. The predicted molar refractivity (Wildman–Crippen MR) is 86.9 cm³/mol. The molecule has 1 heterocycles. The van der Waals surface area contributed by atoms with Crippen molar-refractivity contribution in [3.63, 3.8) is 0 Å². The summed E-state index contributed by atoms with van der Waals surface area (Å²) < 4.78 is 2.06. The average molecular weight is 294 g/mol. The van der Waals surface area contributed by atoms with Crippen LogP contribution >= 0.6 is 12.2 Å². The van der Waals surface area contributed by atoms with Gasteiger partial charge in [-0.3, -0.25) is 4.68 Å².